The molecule has 30 heavy (non-hydrogen) atoms. The highest BCUT2D eigenvalue weighted by molar-refractivity contribution is 5.45. The molecule has 0 amide bonds. The van der Waals surface area contributed by atoms with Crippen molar-refractivity contribution in [1.29, 1.82) is 5.26 Å². The number of fused-ring (bicyclic) bond motifs is 1. The second kappa shape index (κ2) is 7.83. The predicted octanol–water partition coefficient (Wildman–Crippen LogP) is 2.86. The minimum absolute atomic E-state index is 0.000141. The van der Waals surface area contributed by atoms with Gasteiger partial charge < -0.3 is 14.4 Å². The minimum atomic E-state index is -0.589. The number of likely N-dealkylation sites (N-methyl/N-ethyl adjacent to an activating group) is 1. The van der Waals surface area contributed by atoms with Gasteiger partial charge in [-0.25, -0.2) is 9.18 Å². The monoisotopic (exact) mass is 407 g/mol. The summed E-state index contributed by atoms with van der Waals surface area (Å²) in [7, 11) is 1.91. The lowest BCUT2D eigenvalue weighted by atomic mass is 10.2. The molecule has 0 unspecified atom stereocenters. The zero-order chi connectivity index (χ0) is 21.3. The number of ether oxygens (including phenoxy) is 2. The molecule has 1 aliphatic rings. The summed E-state index contributed by atoms with van der Waals surface area (Å²) in [6.07, 6.45) is 2.79. The van der Waals surface area contributed by atoms with Crippen molar-refractivity contribution in [2.45, 2.75) is 26.1 Å². The van der Waals surface area contributed by atoms with Crippen LogP contribution < -0.4 is 20.1 Å². The van der Waals surface area contributed by atoms with E-state index in [1.54, 1.807) is 16.7 Å². The van der Waals surface area contributed by atoms with Gasteiger partial charge in [0.05, 0.1) is 11.8 Å². The molecule has 0 fully saturated rings. The molecule has 0 saturated carbocycles. The third-order valence-electron chi connectivity index (χ3n) is 4.89. The van der Waals surface area contributed by atoms with E-state index in [9.17, 15) is 9.18 Å². The number of hydrogen-bond acceptors (Lipinski definition) is 7. The van der Waals surface area contributed by atoms with Gasteiger partial charge >= 0.3 is 5.69 Å². The summed E-state index contributed by atoms with van der Waals surface area (Å²) in [5.41, 5.74) is 0.491. The number of rotatable bonds is 5. The lowest BCUT2D eigenvalue weighted by molar-refractivity contribution is 0.290. The maximum atomic E-state index is 14.4. The fraction of sp³-hybridized carbons (Fsp3) is 0.238. The van der Waals surface area contributed by atoms with Crippen LogP contribution in [0.25, 0.3) is 0 Å². The van der Waals surface area contributed by atoms with E-state index in [0.717, 1.165) is 5.82 Å². The summed E-state index contributed by atoms with van der Waals surface area (Å²) in [6.45, 7) is 2.64. The van der Waals surface area contributed by atoms with Crippen LogP contribution in [-0.4, -0.2) is 27.6 Å². The first kappa shape index (κ1) is 19.4. The molecule has 0 radical (unpaired) electrons. The van der Waals surface area contributed by atoms with Crippen LogP contribution >= 0.6 is 0 Å². The fourth-order valence-electron chi connectivity index (χ4n) is 3.16. The van der Waals surface area contributed by atoms with Crippen molar-refractivity contribution in [3.05, 3.63) is 70.2 Å². The van der Waals surface area contributed by atoms with Gasteiger partial charge in [-0.15, -0.1) is 0 Å². The van der Waals surface area contributed by atoms with Crippen LogP contribution in [0.5, 0.6) is 17.4 Å². The van der Waals surface area contributed by atoms with E-state index in [-0.39, 0.29) is 35.7 Å². The van der Waals surface area contributed by atoms with Gasteiger partial charge in [-0.2, -0.15) is 10.2 Å². The van der Waals surface area contributed by atoms with Crippen molar-refractivity contribution >= 4 is 5.82 Å². The molecule has 3 aromatic rings. The molecule has 8 nitrogen and oxygen atoms in total. The molecule has 152 valence electrons. The number of nitrogens with zero attached hydrogens (tertiary/aromatic N) is 5. The van der Waals surface area contributed by atoms with Gasteiger partial charge in [-0.3, -0.25) is 9.55 Å². The SMILES string of the molecule is C[C@H]1Cn2c(cc(OCc3ccc(Oc4cncc(C#N)c4)c(F)c3)nc2=O)N1C. The molecular formula is C21H18FN5O3. The maximum absolute atomic E-state index is 14.4. The molecule has 1 aromatic carbocycles. The number of pyridine rings is 1. The molecule has 3 heterocycles. The molecule has 0 aliphatic carbocycles. The first-order valence-corrected chi connectivity index (χ1v) is 9.23. The highest BCUT2D eigenvalue weighted by atomic mass is 19.1. The molecule has 0 spiro atoms. The van der Waals surface area contributed by atoms with E-state index in [1.807, 2.05) is 24.9 Å². The van der Waals surface area contributed by atoms with Gasteiger partial charge in [-0.05, 0) is 24.6 Å². The van der Waals surface area contributed by atoms with Gasteiger partial charge in [0, 0.05) is 38.0 Å². The van der Waals surface area contributed by atoms with Crippen molar-refractivity contribution in [3.63, 3.8) is 0 Å². The standard InChI is InChI=1S/C21H18FN5O3/c1-13-11-27-20(26(13)2)7-19(25-21(27)28)29-12-14-3-4-18(17(22)6-14)30-16-5-15(8-23)9-24-10-16/h3-7,9-10,13H,11-12H2,1-2H3/t13-/m0/s1. The molecule has 0 saturated heterocycles. The second-order valence-corrected chi connectivity index (χ2v) is 6.98. The van der Waals surface area contributed by atoms with Crippen LogP contribution in [0.1, 0.15) is 18.1 Å². The summed E-state index contributed by atoms with van der Waals surface area (Å²) >= 11 is 0. The van der Waals surface area contributed by atoms with Crippen molar-refractivity contribution in [3.8, 4) is 23.4 Å². The van der Waals surface area contributed by atoms with Gasteiger partial charge in [0.2, 0.25) is 5.88 Å². The highest BCUT2D eigenvalue weighted by Crippen LogP contribution is 2.27. The Kier molecular flexibility index (Phi) is 5.06. The average Bonchev–Trinajstić information content (AvgIpc) is 3.03. The molecule has 1 atom stereocenters. The van der Waals surface area contributed by atoms with Crippen LogP contribution in [0.15, 0.2) is 47.5 Å². The molecule has 0 N–H and O–H groups in total. The van der Waals surface area contributed by atoms with E-state index >= 15 is 0 Å². The summed E-state index contributed by atoms with van der Waals surface area (Å²) in [5, 5.41) is 8.91. The Morgan fingerprint density at radius 3 is 2.90 bits per heavy atom. The molecule has 4 rings (SSSR count). The zero-order valence-corrected chi connectivity index (χ0v) is 16.4. The summed E-state index contributed by atoms with van der Waals surface area (Å²) in [6, 6.07) is 9.71. The van der Waals surface area contributed by atoms with E-state index in [4.69, 9.17) is 14.7 Å². The van der Waals surface area contributed by atoms with Crippen LogP contribution in [0, 0.1) is 17.1 Å². The Balaban J connectivity index is 1.46. The molecule has 1 aliphatic heterocycles. The maximum Gasteiger partial charge on any atom is 0.352 e. The number of anilines is 1. The molecule has 2 aromatic heterocycles. The van der Waals surface area contributed by atoms with Crippen LogP contribution in [0.2, 0.25) is 0 Å². The third-order valence-corrected chi connectivity index (χ3v) is 4.89. The number of hydrogen-bond donors (Lipinski definition) is 0. The van der Waals surface area contributed by atoms with Crippen molar-refractivity contribution in [2.24, 2.45) is 0 Å². The molecule has 9 heteroatoms. The summed E-state index contributed by atoms with van der Waals surface area (Å²) in [4.78, 5) is 22.0. The Morgan fingerprint density at radius 2 is 2.13 bits per heavy atom. The molecular weight excluding hydrogens is 389 g/mol. The lowest BCUT2D eigenvalue weighted by Crippen LogP contribution is -2.23. The number of nitriles is 1. The first-order valence-electron chi connectivity index (χ1n) is 9.23. The highest BCUT2D eigenvalue weighted by Gasteiger charge is 2.25. The van der Waals surface area contributed by atoms with E-state index in [2.05, 4.69) is 9.97 Å². The molecule has 0 bridgehead atoms. The second-order valence-electron chi connectivity index (χ2n) is 6.98. The van der Waals surface area contributed by atoms with Gasteiger partial charge in [-0.1, -0.05) is 6.07 Å². The average molecular weight is 407 g/mol. The number of aromatic nitrogens is 3. The van der Waals surface area contributed by atoms with Crippen LogP contribution in [0.3, 0.4) is 0 Å². The third kappa shape index (κ3) is 3.80. The van der Waals surface area contributed by atoms with Gasteiger partial charge in [0.25, 0.3) is 0 Å². The normalized spacial score (nSPS) is 14.9. The Labute approximate surface area is 171 Å². The van der Waals surface area contributed by atoms with Gasteiger partial charge in [0.15, 0.2) is 11.6 Å². The van der Waals surface area contributed by atoms with Crippen molar-refractivity contribution < 1.29 is 13.9 Å². The fourth-order valence-corrected chi connectivity index (χ4v) is 3.16. The van der Waals surface area contributed by atoms with Crippen molar-refractivity contribution in [2.75, 3.05) is 11.9 Å². The largest absolute Gasteiger partial charge is 0.473 e. The summed E-state index contributed by atoms with van der Waals surface area (Å²) in [5.74, 6) is 0.597. The first-order chi connectivity index (χ1) is 14.4. The minimum Gasteiger partial charge on any atom is -0.473 e. The van der Waals surface area contributed by atoms with Gasteiger partial charge in [0.1, 0.15) is 24.2 Å². The number of benzene rings is 1. The van der Waals surface area contributed by atoms with Crippen LogP contribution in [0.4, 0.5) is 10.2 Å². The van der Waals surface area contributed by atoms with E-state index in [0.29, 0.717) is 17.7 Å². The quantitative estimate of drug-likeness (QED) is 0.642. The Bertz CT molecular complexity index is 1200. The van der Waals surface area contributed by atoms with Crippen molar-refractivity contribution in [1.82, 2.24) is 14.5 Å². The topological polar surface area (TPSA) is 93.3 Å². The zero-order valence-electron chi connectivity index (χ0n) is 16.4. The lowest BCUT2D eigenvalue weighted by Gasteiger charge is -2.16. The predicted molar refractivity (Wildman–Crippen MR) is 106 cm³/mol. The Hall–Kier alpha value is -3.93. The number of halogens is 1. The van der Waals surface area contributed by atoms with Crippen LogP contribution in [-0.2, 0) is 13.2 Å². The Morgan fingerprint density at radius 1 is 1.30 bits per heavy atom. The van der Waals surface area contributed by atoms with E-state index in [1.165, 1.54) is 30.6 Å². The smallest absolute Gasteiger partial charge is 0.352 e. The summed E-state index contributed by atoms with van der Waals surface area (Å²) < 4.78 is 27.1. The van der Waals surface area contributed by atoms with E-state index < -0.39 is 5.82 Å².